The van der Waals surface area contributed by atoms with Gasteiger partial charge in [0.05, 0.1) is 36.8 Å². The van der Waals surface area contributed by atoms with E-state index in [1.807, 2.05) is 38.3 Å². The number of rotatable bonds is 9. The van der Waals surface area contributed by atoms with Crippen molar-refractivity contribution in [3.8, 4) is 0 Å². The number of ether oxygens (including phenoxy) is 5. The molecule has 0 unspecified atom stereocenters. The summed E-state index contributed by atoms with van der Waals surface area (Å²) in [4.78, 5) is 10.6. The molecule has 35 heavy (non-hydrogen) atoms. The van der Waals surface area contributed by atoms with Crippen molar-refractivity contribution in [1.82, 2.24) is 4.57 Å². The lowest BCUT2D eigenvalue weighted by Gasteiger charge is -2.28. The lowest BCUT2D eigenvalue weighted by atomic mass is 9.85. The van der Waals surface area contributed by atoms with Crippen molar-refractivity contribution in [2.75, 3.05) is 26.4 Å². The van der Waals surface area contributed by atoms with Crippen molar-refractivity contribution in [3.63, 3.8) is 0 Å². The summed E-state index contributed by atoms with van der Waals surface area (Å²) >= 11 is 0. The summed E-state index contributed by atoms with van der Waals surface area (Å²) in [6.45, 7) is 13.9. The van der Waals surface area contributed by atoms with Crippen LogP contribution >= 0.6 is 0 Å². The van der Waals surface area contributed by atoms with Crippen molar-refractivity contribution in [2.24, 2.45) is 0 Å². The Kier molecular flexibility index (Phi) is 6.98. The first-order valence-electron chi connectivity index (χ1n) is 12.0. The summed E-state index contributed by atoms with van der Waals surface area (Å²) < 4.78 is 45.6. The normalized spacial score (nSPS) is 23.9. The van der Waals surface area contributed by atoms with E-state index in [1.165, 1.54) is 12.1 Å². The van der Waals surface area contributed by atoms with Gasteiger partial charge in [0.25, 0.3) is 0 Å². The van der Waals surface area contributed by atoms with Crippen LogP contribution in [0.4, 0.5) is 10.1 Å². The maximum Gasteiger partial charge on any atom is 0.305 e. The standard InChI is InChI=1S/C25H35FN2O7/c1-23(2,7-8-31-13-18-15-33-25(5,6)35-18)22-10-16-9-21(28(29)30)19(26)11-20(16)27(22)12-17-14-32-24(3,4)34-17/h9-11,17-18H,7-8,12-15H2,1-6H3/t17-,18-/m1/s1. The minimum atomic E-state index is -0.861. The van der Waals surface area contributed by atoms with E-state index in [-0.39, 0.29) is 17.6 Å². The monoisotopic (exact) mass is 494 g/mol. The average molecular weight is 495 g/mol. The van der Waals surface area contributed by atoms with Crippen LogP contribution in [0.2, 0.25) is 0 Å². The van der Waals surface area contributed by atoms with Crippen molar-refractivity contribution >= 4 is 16.6 Å². The van der Waals surface area contributed by atoms with Crippen LogP contribution in [-0.4, -0.2) is 59.7 Å². The summed E-state index contributed by atoms with van der Waals surface area (Å²) in [6.07, 6.45) is 0.344. The Hall–Kier alpha value is -2.11. The highest BCUT2D eigenvalue weighted by Crippen LogP contribution is 2.36. The largest absolute Gasteiger partial charge is 0.379 e. The van der Waals surface area contributed by atoms with Gasteiger partial charge in [-0.05, 0) is 40.2 Å². The predicted molar refractivity (Wildman–Crippen MR) is 127 cm³/mol. The summed E-state index contributed by atoms with van der Waals surface area (Å²) in [6, 6.07) is 4.44. The minimum absolute atomic E-state index is 0.106. The van der Waals surface area contributed by atoms with Gasteiger partial charge in [0, 0.05) is 35.2 Å². The van der Waals surface area contributed by atoms with Gasteiger partial charge in [0.2, 0.25) is 5.82 Å². The van der Waals surface area contributed by atoms with E-state index < -0.39 is 28.0 Å². The lowest BCUT2D eigenvalue weighted by molar-refractivity contribution is -0.387. The highest BCUT2D eigenvalue weighted by atomic mass is 19.1. The zero-order valence-corrected chi connectivity index (χ0v) is 21.3. The third-order valence-electron chi connectivity index (χ3n) is 6.56. The molecule has 0 bridgehead atoms. The molecule has 194 valence electrons. The molecule has 2 aliphatic heterocycles. The van der Waals surface area contributed by atoms with Gasteiger partial charge in [-0.3, -0.25) is 10.1 Å². The molecule has 2 fully saturated rings. The lowest BCUT2D eigenvalue weighted by Crippen LogP contribution is -2.29. The van der Waals surface area contributed by atoms with E-state index >= 15 is 0 Å². The van der Waals surface area contributed by atoms with Gasteiger partial charge in [-0.1, -0.05) is 13.8 Å². The zero-order valence-electron chi connectivity index (χ0n) is 21.3. The molecule has 0 saturated carbocycles. The number of nitrogens with zero attached hydrogens (tertiary/aromatic N) is 2. The van der Waals surface area contributed by atoms with Crippen molar-refractivity contribution in [1.29, 1.82) is 0 Å². The maximum absolute atomic E-state index is 14.6. The number of nitro benzene ring substituents is 1. The number of nitro groups is 1. The summed E-state index contributed by atoms with van der Waals surface area (Å²) in [5.41, 5.74) is 0.603. The Morgan fingerprint density at radius 2 is 1.74 bits per heavy atom. The maximum atomic E-state index is 14.6. The van der Waals surface area contributed by atoms with E-state index in [0.717, 1.165) is 5.69 Å². The predicted octanol–water partition coefficient (Wildman–Crippen LogP) is 4.68. The van der Waals surface area contributed by atoms with Crippen LogP contribution in [-0.2, 0) is 35.6 Å². The number of fused-ring (bicyclic) bond motifs is 1. The first-order chi connectivity index (χ1) is 16.3. The van der Waals surface area contributed by atoms with Gasteiger partial charge < -0.3 is 28.3 Å². The third kappa shape index (κ3) is 5.83. The number of hydrogen-bond donors (Lipinski definition) is 0. The molecule has 0 amide bonds. The zero-order chi connectivity index (χ0) is 25.6. The third-order valence-corrected chi connectivity index (χ3v) is 6.56. The Morgan fingerprint density at radius 1 is 1.11 bits per heavy atom. The minimum Gasteiger partial charge on any atom is -0.379 e. The number of halogens is 1. The fourth-order valence-corrected chi connectivity index (χ4v) is 4.74. The van der Waals surface area contributed by atoms with Crippen LogP contribution in [0, 0.1) is 15.9 Å². The molecule has 9 nitrogen and oxygen atoms in total. The Balaban J connectivity index is 1.56. The average Bonchev–Trinajstić information content (AvgIpc) is 3.39. The molecular weight excluding hydrogens is 459 g/mol. The molecule has 2 aliphatic rings. The smallest absolute Gasteiger partial charge is 0.305 e. The topological polar surface area (TPSA) is 94.2 Å². The van der Waals surface area contributed by atoms with E-state index in [2.05, 4.69) is 13.8 Å². The molecule has 2 aromatic rings. The molecule has 2 saturated heterocycles. The first kappa shape index (κ1) is 26.0. The van der Waals surface area contributed by atoms with Gasteiger partial charge in [0.1, 0.15) is 12.2 Å². The number of benzene rings is 1. The van der Waals surface area contributed by atoms with E-state index in [9.17, 15) is 14.5 Å². The first-order valence-corrected chi connectivity index (χ1v) is 12.0. The quantitative estimate of drug-likeness (QED) is 0.284. The summed E-state index contributed by atoms with van der Waals surface area (Å²) in [5.74, 6) is -2.14. The number of hydrogen-bond acceptors (Lipinski definition) is 7. The van der Waals surface area contributed by atoms with E-state index in [4.69, 9.17) is 23.7 Å². The van der Waals surface area contributed by atoms with Crippen molar-refractivity contribution in [2.45, 2.75) is 83.7 Å². The van der Waals surface area contributed by atoms with Gasteiger partial charge >= 0.3 is 5.69 Å². The Bertz CT molecular complexity index is 1100. The highest BCUT2D eigenvalue weighted by molar-refractivity contribution is 5.84. The molecule has 0 aliphatic carbocycles. The second-order valence-electron chi connectivity index (χ2n) is 10.9. The molecule has 2 atom stereocenters. The second kappa shape index (κ2) is 9.40. The molecule has 0 spiro atoms. The molecule has 3 heterocycles. The Labute approximate surface area is 204 Å². The van der Waals surface area contributed by atoms with Crippen LogP contribution < -0.4 is 0 Å². The molecule has 0 N–H and O–H groups in total. The molecule has 4 rings (SSSR count). The van der Waals surface area contributed by atoms with Crippen LogP contribution in [0.1, 0.15) is 53.7 Å². The van der Waals surface area contributed by atoms with Crippen molar-refractivity contribution < 1.29 is 33.0 Å². The van der Waals surface area contributed by atoms with Crippen molar-refractivity contribution in [3.05, 3.63) is 39.8 Å². The molecule has 10 heteroatoms. The number of aromatic nitrogens is 1. The highest BCUT2D eigenvalue weighted by Gasteiger charge is 2.36. The van der Waals surface area contributed by atoms with Crippen LogP contribution in [0.5, 0.6) is 0 Å². The van der Waals surface area contributed by atoms with E-state index in [0.29, 0.717) is 50.3 Å². The molecule has 1 aromatic heterocycles. The van der Waals surface area contributed by atoms with Gasteiger partial charge in [-0.25, -0.2) is 0 Å². The SMILES string of the molecule is CC1(C)OC[C@@H](COCCC(C)(C)c2cc3cc([N+](=O)[O-])c(F)cc3n2C[C@@H]2COC(C)(C)O2)O1. The van der Waals surface area contributed by atoms with Crippen LogP contribution in [0.3, 0.4) is 0 Å². The fourth-order valence-electron chi connectivity index (χ4n) is 4.74. The van der Waals surface area contributed by atoms with Gasteiger partial charge in [-0.2, -0.15) is 4.39 Å². The van der Waals surface area contributed by atoms with Crippen LogP contribution in [0.25, 0.3) is 10.9 Å². The van der Waals surface area contributed by atoms with E-state index in [1.54, 1.807) is 0 Å². The second-order valence-corrected chi connectivity index (χ2v) is 10.9. The molecule has 0 radical (unpaired) electrons. The van der Waals surface area contributed by atoms with Gasteiger partial charge in [0.15, 0.2) is 11.6 Å². The molecular formula is C25H35FN2O7. The fraction of sp³-hybridized carbons (Fsp3) is 0.680. The summed E-state index contributed by atoms with van der Waals surface area (Å²) in [7, 11) is 0. The van der Waals surface area contributed by atoms with Gasteiger partial charge in [-0.15, -0.1) is 0 Å². The molecule has 1 aromatic carbocycles. The summed E-state index contributed by atoms with van der Waals surface area (Å²) in [5, 5.41) is 11.9. The Morgan fingerprint density at radius 3 is 2.31 bits per heavy atom. The van der Waals surface area contributed by atoms with Crippen LogP contribution in [0.15, 0.2) is 18.2 Å².